The molecule has 144 valence electrons. The van der Waals surface area contributed by atoms with Crippen LogP contribution in [0.25, 0.3) is 0 Å². The van der Waals surface area contributed by atoms with Crippen LogP contribution in [0.2, 0.25) is 0 Å². The lowest BCUT2D eigenvalue weighted by Crippen LogP contribution is -2.50. The van der Waals surface area contributed by atoms with Crippen molar-refractivity contribution in [2.75, 3.05) is 5.32 Å². The van der Waals surface area contributed by atoms with Crippen molar-refractivity contribution >= 4 is 23.5 Å². The smallest absolute Gasteiger partial charge is 0.319 e. The van der Waals surface area contributed by atoms with Crippen molar-refractivity contribution in [1.29, 1.82) is 0 Å². The molecule has 1 saturated heterocycles. The summed E-state index contributed by atoms with van der Waals surface area (Å²) in [5, 5.41) is 8.08. The average molecular weight is 378 g/mol. The van der Waals surface area contributed by atoms with E-state index in [0.29, 0.717) is 32.5 Å². The number of rotatable bonds is 4. The number of benzene rings is 2. The Balaban J connectivity index is 1.34. The van der Waals surface area contributed by atoms with E-state index in [9.17, 15) is 14.4 Å². The summed E-state index contributed by atoms with van der Waals surface area (Å²) in [6.07, 6.45) is 0.946. The van der Waals surface area contributed by atoms with Crippen LogP contribution < -0.4 is 16.0 Å². The van der Waals surface area contributed by atoms with Gasteiger partial charge in [0, 0.05) is 31.7 Å². The molecule has 7 heteroatoms. The number of carbonyl (C=O) groups is 3. The van der Waals surface area contributed by atoms with Gasteiger partial charge in [0.25, 0.3) is 0 Å². The van der Waals surface area contributed by atoms with E-state index in [1.807, 2.05) is 42.5 Å². The van der Waals surface area contributed by atoms with Crippen molar-refractivity contribution in [2.24, 2.45) is 0 Å². The highest BCUT2D eigenvalue weighted by molar-refractivity contribution is 6.00. The molecule has 1 atom stereocenters. The van der Waals surface area contributed by atoms with Crippen LogP contribution >= 0.6 is 0 Å². The Kier molecular flexibility index (Phi) is 5.08. The fraction of sp³-hybridized carbons (Fsp3) is 0.286. The van der Waals surface area contributed by atoms with Crippen LogP contribution in [0.5, 0.6) is 0 Å². The Morgan fingerprint density at radius 2 is 1.86 bits per heavy atom. The molecule has 4 amide bonds. The predicted octanol–water partition coefficient (Wildman–Crippen LogP) is 2.13. The summed E-state index contributed by atoms with van der Waals surface area (Å²) in [5.74, 6) is -0.399. The first kappa shape index (κ1) is 18.2. The molecule has 3 N–H and O–H groups in total. The maximum Gasteiger partial charge on any atom is 0.319 e. The van der Waals surface area contributed by atoms with Crippen LogP contribution in [0.3, 0.4) is 0 Å². The molecule has 2 aromatic carbocycles. The number of fused-ring (bicyclic) bond motifs is 1. The standard InChI is InChI=1S/C21H22N4O3/c26-19-9-8-18(20(27)24-19)25-12-15-7-6-14(10-16(15)13-25)11-22-21(28)23-17-4-2-1-3-5-17/h1-7,10,18H,8-9,11-13H2,(H2,22,23,28)(H,24,26,27). The molecule has 2 aromatic rings. The summed E-state index contributed by atoms with van der Waals surface area (Å²) in [7, 11) is 0. The second-order valence-electron chi connectivity index (χ2n) is 7.15. The number of para-hydroxylation sites is 1. The highest BCUT2D eigenvalue weighted by Gasteiger charge is 2.34. The van der Waals surface area contributed by atoms with Gasteiger partial charge in [-0.1, -0.05) is 36.4 Å². The number of nitrogens with zero attached hydrogens (tertiary/aromatic N) is 1. The molecule has 0 bridgehead atoms. The minimum atomic E-state index is -0.261. The second-order valence-corrected chi connectivity index (χ2v) is 7.15. The van der Waals surface area contributed by atoms with Crippen LogP contribution in [0.1, 0.15) is 29.5 Å². The molecule has 2 aliphatic rings. The van der Waals surface area contributed by atoms with E-state index in [0.717, 1.165) is 16.8 Å². The second kappa shape index (κ2) is 7.82. The number of hydrogen-bond acceptors (Lipinski definition) is 4. The van der Waals surface area contributed by atoms with Crippen LogP contribution in [-0.4, -0.2) is 28.8 Å². The summed E-state index contributed by atoms with van der Waals surface area (Å²) in [5.41, 5.74) is 4.09. The van der Waals surface area contributed by atoms with E-state index in [4.69, 9.17) is 0 Å². The zero-order valence-electron chi connectivity index (χ0n) is 15.4. The Hall–Kier alpha value is -3.19. The van der Waals surface area contributed by atoms with Crippen molar-refractivity contribution in [3.63, 3.8) is 0 Å². The van der Waals surface area contributed by atoms with Gasteiger partial charge in [0.1, 0.15) is 0 Å². The highest BCUT2D eigenvalue weighted by Crippen LogP contribution is 2.28. The third kappa shape index (κ3) is 4.04. The number of amides is 4. The van der Waals surface area contributed by atoms with Crippen molar-refractivity contribution in [3.05, 3.63) is 65.2 Å². The summed E-state index contributed by atoms with van der Waals surface area (Å²) in [6, 6.07) is 14.9. The first-order valence-electron chi connectivity index (χ1n) is 9.37. The van der Waals surface area contributed by atoms with Gasteiger partial charge in [-0.3, -0.25) is 19.8 Å². The first-order chi connectivity index (χ1) is 13.6. The quantitative estimate of drug-likeness (QED) is 0.711. The zero-order chi connectivity index (χ0) is 19.5. The number of piperidine rings is 1. The lowest BCUT2D eigenvalue weighted by molar-refractivity contribution is -0.137. The summed E-state index contributed by atoms with van der Waals surface area (Å²) in [4.78, 5) is 37.6. The third-order valence-corrected chi connectivity index (χ3v) is 5.15. The van der Waals surface area contributed by atoms with E-state index in [2.05, 4.69) is 26.9 Å². The lowest BCUT2D eigenvalue weighted by atomic mass is 10.0. The van der Waals surface area contributed by atoms with Crippen molar-refractivity contribution in [1.82, 2.24) is 15.5 Å². The van der Waals surface area contributed by atoms with E-state index < -0.39 is 0 Å². The first-order valence-corrected chi connectivity index (χ1v) is 9.37. The summed E-state index contributed by atoms with van der Waals surface area (Å²) in [6.45, 7) is 1.79. The van der Waals surface area contributed by atoms with Gasteiger partial charge in [-0.2, -0.15) is 0 Å². The lowest BCUT2D eigenvalue weighted by Gasteiger charge is -2.29. The van der Waals surface area contributed by atoms with Crippen LogP contribution in [0.4, 0.5) is 10.5 Å². The van der Waals surface area contributed by atoms with Crippen molar-refractivity contribution in [2.45, 2.75) is 38.5 Å². The number of nitrogens with one attached hydrogen (secondary N) is 3. The molecular formula is C21H22N4O3. The number of carbonyl (C=O) groups excluding carboxylic acids is 3. The molecule has 2 heterocycles. The van der Waals surface area contributed by atoms with Crippen LogP contribution in [0.15, 0.2) is 48.5 Å². The predicted molar refractivity (Wildman–Crippen MR) is 104 cm³/mol. The highest BCUT2D eigenvalue weighted by atomic mass is 16.2. The molecule has 0 saturated carbocycles. The molecule has 7 nitrogen and oxygen atoms in total. The Morgan fingerprint density at radius 1 is 1.07 bits per heavy atom. The largest absolute Gasteiger partial charge is 0.334 e. The maximum absolute atomic E-state index is 12.1. The van der Waals surface area contributed by atoms with Crippen molar-refractivity contribution in [3.8, 4) is 0 Å². The fourth-order valence-corrected chi connectivity index (χ4v) is 3.71. The molecular weight excluding hydrogens is 356 g/mol. The van der Waals surface area contributed by atoms with E-state index in [1.54, 1.807) is 0 Å². The van der Waals surface area contributed by atoms with Gasteiger partial charge in [-0.05, 0) is 35.2 Å². The molecule has 28 heavy (non-hydrogen) atoms. The topological polar surface area (TPSA) is 90.5 Å². The van der Waals surface area contributed by atoms with Crippen molar-refractivity contribution < 1.29 is 14.4 Å². The van der Waals surface area contributed by atoms with Gasteiger partial charge in [-0.25, -0.2) is 4.79 Å². The fourth-order valence-electron chi connectivity index (χ4n) is 3.71. The third-order valence-electron chi connectivity index (χ3n) is 5.15. The number of urea groups is 1. The van der Waals surface area contributed by atoms with Gasteiger partial charge in [-0.15, -0.1) is 0 Å². The molecule has 0 spiro atoms. The van der Waals surface area contributed by atoms with E-state index in [1.165, 1.54) is 5.56 Å². The van der Waals surface area contributed by atoms with Crippen LogP contribution in [0, 0.1) is 0 Å². The monoisotopic (exact) mass is 378 g/mol. The molecule has 2 aliphatic heterocycles. The molecule has 1 unspecified atom stereocenters. The Labute approximate surface area is 163 Å². The number of anilines is 1. The van der Waals surface area contributed by atoms with Gasteiger partial charge in [0.15, 0.2) is 0 Å². The Morgan fingerprint density at radius 3 is 2.64 bits per heavy atom. The molecule has 4 rings (SSSR count). The van der Waals surface area contributed by atoms with Gasteiger partial charge in [0.2, 0.25) is 11.8 Å². The SMILES string of the molecule is O=C1CCC(N2Cc3ccc(CNC(=O)Nc4ccccc4)cc3C2)C(=O)N1. The minimum absolute atomic E-state index is 0.194. The normalized spacial score (nSPS) is 19.1. The van der Waals surface area contributed by atoms with E-state index in [-0.39, 0.29) is 23.9 Å². The number of hydrogen-bond donors (Lipinski definition) is 3. The minimum Gasteiger partial charge on any atom is -0.334 e. The zero-order valence-corrected chi connectivity index (χ0v) is 15.4. The molecule has 0 aromatic heterocycles. The van der Waals surface area contributed by atoms with Crippen LogP contribution in [-0.2, 0) is 29.2 Å². The molecule has 1 fully saturated rings. The van der Waals surface area contributed by atoms with Gasteiger partial charge >= 0.3 is 6.03 Å². The summed E-state index contributed by atoms with van der Waals surface area (Å²) < 4.78 is 0. The van der Waals surface area contributed by atoms with Gasteiger partial charge in [0.05, 0.1) is 6.04 Å². The Bertz CT molecular complexity index is 913. The van der Waals surface area contributed by atoms with Gasteiger partial charge < -0.3 is 10.6 Å². The molecule has 0 radical (unpaired) electrons. The molecule has 0 aliphatic carbocycles. The van der Waals surface area contributed by atoms with E-state index >= 15 is 0 Å². The number of imide groups is 1. The maximum atomic E-state index is 12.1. The average Bonchev–Trinajstić information content (AvgIpc) is 3.10. The summed E-state index contributed by atoms with van der Waals surface area (Å²) >= 11 is 0.